The maximum Gasteiger partial charge on any atom is 0.287 e. The van der Waals surface area contributed by atoms with Crippen molar-refractivity contribution in [1.29, 1.82) is 0 Å². The number of carbonyl (C=O) groups excluding carboxylic acids is 1. The lowest BCUT2D eigenvalue weighted by atomic mass is 9.77. The predicted molar refractivity (Wildman–Crippen MR) is 137 cm³/mol. The normalized spacial score (nSPS) is 27.7. The molecule has 5 N–H and O–H groups in total. The predicted octanol–water partition coefficient (Wildman–Crippen LogP) is 1.96. The standard InChI is InChI=1S/C23H24FN5O6S3/c24-15-5-1-11(2-6-15)9-29-18-13-4-3-12(7-13)16(18)19(30)17(23(29)31)21-27-22-20(37(32,33)28-21)14(10-36-22)8-26-38(25,34)35/h1-2,5-6,10,12-13,16,18,26,30H,3-4,7-9H2,(H,27,28)(H2,25,34,35)/t12-,13+,16?,18?/m0/s1. The first-order valence-electron chi connectivity index (χ1n) is 11.9. The van der Waals surface area contributed by atoms with E-state index in [-0.39, 0.29) is 69.5 Å². The molecule has 6 rings (SSSR count). The minimum atomic E-state index is -4.35. The summed E-state index contributed by atoms with van der Waals surface area (Å²) in [6.45, 7) is -0.185. The van der Waals surface area contributed by atoms with Gasteiger partial charge in [0.25, 0.3) is 26.1 Å². The maximum absolute atomic E-state index is 13.9. The minimum Gasteiger partial charge on any atom is -0.511 e. The van der Waals surface area contributed by atoms with Gasteiger partial charge in [0.15, 0.2) is 5.84 Å². The van der Waals surface area contributed by atoms with Gasteiger partial charge >= 0.3 is 0 Å². The lowest BCUT2D eigenvalue weighted by Gasteiger charge is -2.44. The van der Waals surface area contributed by atoms with Crippen LogP contribution in [0.4, 0.5) is 9.39 Å². The van der Waals surface area contributed by atoms with Crippen LogP contribution in [0.25, 0.3) is 0 Å². The number of aliphatic hydroxyl groups excluding tert-OH is 1. The van der Waals surface area contributed by atoms with Crippen LogP contribution in [0.1, 0.15) is 30.4 Å². The van der Waals surface area contributed by atoms with Crippen LogP contribution in [0.3, 0.4) is 0 Å². The number of benzene rings is 1. The van der Waals surface area contributed by atoms with Gasteiger partial charge in [-0.15, -0.1) is 15.7 Å². The fourth-order valence-electron chi connectivity index (χ4n) is 6.29. The van der Waals surface area contributed by atoms with Crippen molar-refractivity contribution in [2.75, 3.05) is 5.32 Å². The Labute approximate surface area is 222 Å². The molecule has 2 bridgehead atoms. The number of aliphatic hydroxyl groups is 1. The summed E-state index contributed by atoms with van der Waals surface area (Å²) < 4.78 is 68.4. The second kappa shape index (κ2) is 8.84. The quantitative estimate of drug-likeness (QED) is 0.404. The zero-order chi connectivity index (χ0) is 27.0. The maximum atomic E-state index is 13.9. The summed E-state index contributed by atoms with van der Waals surface area (Å²) in [7, 11) is -8.41. The molecular weight excluding hydrogens is 557 g/mol. The highest BCUT2D eigenvalue weighted by Crippen LogP contribution is 2.55. The van der Waals surface area contributed by atoms with Gasteiger partial charge in [-0.25, -0.2) is 9.53 Å². The van der Waals surface area contributed by atoms with Crippen molar-refractivity contribution in [1.82, 2.24) is 9.62 Å². The van der Waals surface area contributed by atoms with E-state index in [2.05, 4.69) is 14.4 Å². The van der Waals surface area contributed by atoms with Crippen molar-refractivity contribution in [3.63, 3.8) is 0 Å². The summed E-state index contributed by atoms with van der Waals surface area (Å²) in [6, 6.07) is 5.58. The van der Waals surface area contributed by atoms with Crippen molar-refractivity contribution < 1.29 is 31.1 Å². The molecule has 1 amide bonds. The van der Waals surface area contributed by atoms with Gasteiger partial charge in [0.2, 0.25) is 0 Å². The minimum absolute atomic E-state index is 0.147. The zero-order valence-electron chi connectivity index (χ0n) is 19.8. The van der Waals surface area contributed by atoms with Crippen LogP contribution in [-0.2, 0) is 38.1 Å². The Bertz CT molecular complexity index is 1620. The van der Waals surface area contributed by atoms with Crippen LogP contribution >= 0.6 is 11.3 Å². The van der Waals surface area contributed by atoms with E-state index < -0.39 is 32.0 Å². The number of thiophene rings is 1. The number of hydrogen-bond acceptors (Lipinski definition) is 8. The van der Waals surface area contributed by atoms with E-state index in [4.69, 9.17) is 5.14 Å². The summed E-state index contributed by atoms with van der Waals surface area (Å²) in [5.74, 6) is -1.39. The van der Waals surface area contributed by atoms with E-state index in [1.54, 1.807) is 17.0 Å². The molecule has 2 unspecified atom stereocenters. The smallest absolute Gasteiger partial charge is 0.287 e. The molecule has 0 radical (unpaired) electrons. The molecule has 2 aliphatic heterocycles. The Balaban J connectivity index is 1.39. The Morgan fingerprint density at radius 2 is 1.95 bits per heavy atom. The molecule has 15 heteroatoms. The van der Waals surface area contributed by atoms with E-state index in [1.165, 1.54) is 17.5 Å². The zero-order valence-corrected chi connectivity index (χ0v) is 22.2. The third-order valence-corrected chi connectivity index (χ3v) is 10.8. The SMILES string of the molecule is NS(=O)(=O)NCc1csc2c1S(=O)(=O)N=C(C1=C(O)C3C([C@@H]4CC[C@H]3C4)N(Cc3ccc(F)cc3)C1=O)N2. The summed E-state index contributed by atoms with van der Waals surface area (Å²) in [5.41, 5.74) is 0.655. The van der Waals surface area contributed by atoms with E-state index in [0.29, 0.717) is 5.56 Å². The van der Waals surface area contributed by atoms with E-state index in [1.807, 2.05) is 0 Å². The van der Waals surface area contributed by atoms with Crippen LogP contribution in [0.2, 0.25) is 0 Å². The number of nitrogens with one attached hydrogen (secondary N) is 2. The largest absolute Gasteiger partial charge is 0.511 e. The highest BCUT2D eigenvalue weighted by atomic mass is 32.2. The van der Waals surface area contributed by atoms with Gasteiger partial charge in [-0.05, 0) is 54.2 Å². The number of rotatable bonds is 6. The van der Waals surface area contributed by atoms with Gasteiger partial charge < -0.3 is 15.3 Å². The first-order chi connectivity index (χ1) is 17.9. The molecule has 1 aromatic heterocycles. The topological polar surface area (TPSA) is 171 Å². The molecule has 0 saturated heterocycles. The Morgan fingerprint density at radius 3 is 2.66 bits per heavy atom. The second-order valence-corrected chi connectivity index (χ2v) is 13.8. The Kier molecular flexibility index (Phi) is 5.92. The summed E-state index contributed by atoms with van der Waals surface area (Å²) >= 11 is 1.000. The number of halogens is 1. The molecule has 4 atom stereocenters. The van der Waals surface area contributed by atoms with E-state index >= 15 is 0 Å². The summed E-state index contributed by atoms with van der Waals surface area (Å²) in [4.78, 5) is 15.3. The fourth-order valence-corrected chi connectivity index (χ4v) is 9.26. The molecule has 38 heavy (non-hydrogen) atoms. The van der Waals surface area contributed by atoms with Crippen LogP contribution in [0.5, 0.6) is 0 Å². The number of nitrogens with zero attached hydrogens (tertiary/aromatic N) is 2. The molecule has 2 aliphatic carbocycles. The molecule has 3 heterocycles. The number of carbonyl (C=O) groups is 1. The third-order valence-electron chi connectivity index (χ3n) is 7.76. The number of hydrogen-bond donors (Lipinski definition) is 4. The van der Waals surface area contributed by atoms with Gasteiger partial charge in [0.05, 0.1) is 0 Å². The van der Waals surface area contributed by atoms with Crippen LogP contribution in [0, 0.1) is 23.6 Å². The van der Waals surface area contributed by atoms with Crippen LogP contribution in [-0.4, -0.2) is 44.6 Å². The van der Waals surface area contributed by atoms with Crippen molar-refractivity contribution >= 4 is 48.3 Å². The molecule has 11 nitrogen and oxygen atoms in total. The lowest BCUT2D eigenvalue weighted by molar-refractivity contribution is -0.134. The highest BCUT2D eigenvalue weighted by molar-refractivity contribution is 7.91. The first kappa shape index (κ1) is 25.4. The van der Waals surface area contributed by atoms with Gasteiger partial charge in [0, 0.05) is 30.6 Å². The van der Waals surface area contributed by atoms with E-state index in [9.17, 15) is 31.1 Å². The van der Waals surface area contributed by atoms with Crippen molar-refractivity contribution in [3.05, 3.63) is 57.9 Å². The average molecular weight is 582 g/mol. The molecule has 2 saturated carbocycles. The molecule has 1 aromatic carbocycles. The molecule has 0 spiro atoms. The van der Waals surface area contributed by atoms with Gasteiger partial charge in [0.1, 0.15) is 27.0 Å². The fraction of sp³-hybridized carbons (Fsp3) is 0.391. The van der Waals surface area contributed by atoms with Gasteiger partial charge in [-0.2, -0.15) is 21.6 Å². The summed E-state index contributed by atoms with van der Waals surface area (Å²) in [5, 5.41) is 20.8. The number of fused-ring (bicyclic) bond motifs is 6. The number of amidine groups is 1. The number of nitrogens with two attached hydrogens (primary N) is 1. The first-order valence-corrected chi connectivity index (χ1v) is 15.8. The molecule has 202 valence electrons. The number of amides is 1. The van der Waals surface area contributed by atoms with Gasteiger partial charge in [-0.1, -0.05) is 12.1 Å². The molecule has 4 aliphatic rings. The molecular formula is C23H24FN5O6S3. The molecule has 2 fully saturated rings. The Morgan fingerprint density at radius 1 is 1.24 bits per heavy atom. The van der Waals surface area contributed by atoms with Crippen LogP contribution in [0.15, 0.2) is 50.3 Å². The average Bonchev–Trinajstić information content (AvgIpc) is 3.56. The van der Waals surface area contributed by atoms with Crippen LogP contribution < -0.4 is 15.2 Å². The van der Waals surface area contributed by atoms with Crippen molar-refractivity contribution in [2.24, 2.45) is 27.3 Å². The third kappa shape index (κ3) is 4.22. The van der Waals surface area contributed by atoms with Crippen molar-refractivity contribution in [2.45, 2.75) is 43.3 Å². The molecule has 2 aromatic rings. The monoisotopic (exact) mass is 581 g/mol. The number of anilines is 1. The Hall–Kier alpha value is -2.85. The lowest BCUT2D eigenvalue weighted by Crippen LogP contribution is -2.53. The number of sulfonamides is 1. The van der Waals surface area contributed by atoms with Crippen molar-refractivity contribution in [3.8, 4) is 0 Å². The van der Waals surface area contributed by atoms with Gasteiger partial charge in [-0.3, -0.25) is 4.79 Å². The highest BCUT2D eigenvalue weighted by Gasteiger charge is 2.57. The summed E-state index contributed by atoms with van der Waals surface area (Å²) in [6.07, 6.45) is 2.69. The van der Waals surface area contributed by atoms with E-state index in [0.717, 1.165) is 30.6 Å². The second-order valence-electron chi connectivity index (χ2n) is 9.99.